The summed E-state index contributed by atoms with van der Waals surface area (Å²) in [5.74, 6) is 0.314. The van der Waals surface area contributed by atoms with E-state index in [1.165, 1.54) is 12.8 Å². The fourth-order valence-electron chi connectivity index (χ4n) is 5.43. The number of nitrogens with one attached hydrogen (secondary N) is 2. The van der Waals surface area contributed by atoms with E-state index >= 15 is 0 Å². The van der Waals surface area contributed by atoms with Crippen LogP contribution in [-0.2, 0) is 17.1 Å². The maximum Gasteiger partial charge on any atom is 0.257 e. The van der Waals surface area contributed by atoms with Crippen LogP contribution in [-0.4, -0.2) is 42.9 Å². The first-order valence-electron chi connectivity index (χ1n) is 12.9. The van der Waals surface area contributed by atoms with Crippen molar-refractivity contribution in [1.29, 1.82) is 0 Å². The first kappa shape index (κ1) is 23.3. The molecular weight excluding hydrogens is 474 g/mol. The smallest absolute Gasteiger partial charge is 0.257 e. The Morgan fingerprint density at radius 3 is 2.44 bits per heavy atom. The second-order valence-electron chi connectivity index (χ2n) is 10.7. The number of anilines is 3. The van der Waals surface area contributed by atoms with Crippen LogP contribution >= 0.6 is 0 Å². The van der Waals surface area contributed by atoms with Gasteiger partial charge in [0.1, 0.15) is 0 Å². The lowest BCUT2D eigenvalue weighted by Crippen LogP contribution is -2.35. The van der Waals surface area contributed by atoms with E-state index in [4.69, 9.17) is 5.10 Å². The lowest BCUT2D eigenvalue weighted by molar-refractivity contribution is 0.102. The molecule has 190 valence electrons. The zero-order valence-electron chi connectivity index (χ0n) is 20.9. The number of benzene rings is 2. The highest BCUT2D eigenvalue weighted by Gasteiger charge is 2.44. The van der Waals surface area contributed by atoms with Gasteiger partial charge in [-0.3, -0.25) is 14.2 Å². The van der Waals surface area contributed by atoms with Crippen LogP contribution in [0.15, 0.2) is 36.4 Å². The molecule has 8 nitrogen and oxygen atoms in total. The number of piperidine rings is 1. The van der Waals surface area contributed by atoms with Gasteiger partial charge in [-0.25, -0.2) is 8.42 Å². The van der Waals surface area contributed by atoms with Crippen LogP contribution in [0.5, 0.6) is 0 Å². The molecule has 6 rings (SSSR count). The van der Waals surface area contributed by atoms with Gasteiger partial charge in [-0.1, -0.05) is 0 Å². The van der Waals surface area contributed by atoms with Gasteiger partial charge < -0.3 is 10.2 Å². The van der Waals surface area contributed by atoms with Gasteiger partial charge in [0, 0.05) is 37.1 Å². The van der Waals surface area contributed by atoms with Crippen molar-refractivity contribution < 1.29 is 13.2 Å². The average molecular weight is 508 g/mol. The van der Waals surface area contributed by atoms with E-state index in [1.807, 2.05) is 36.0 Å². The predicted octanol–water partition coefficient (Wildman–Crippen LogP) is 4.85. The third kappa shape index (κ3) is 4.45. The fourth-order valence-corrected chi connectivity index (χ4v) is 6.06. The third-order valence-corrected chi connectivity index (χ3v) is 9.43. The summed E-state index contributed by atoms with van der Waals surface area (Å²) < 4.78 is 28.9. The van der Waals surface area contributed by atoms with Crippen LogP contribution in [0.2, 0.25) is 0 Å². The van der Waals surface area contributed by atoms with E-state index < -0.39 is 10.0 Å². The minimum atomic E-state index is -3.41. The van der Waals surface area contributed by atoms with E-state index in [1.54, 1.807) is 19.1 Å². The van der Waals surface area contributed by atoms with E-state index in [0.717, 1.165) is 66.7 Å². The molecule has 2 aliphatic carbocycles. The summed E-state index contributed by atoms with van der Waals surface area (Å²) in [6, 6.07) is 11.2. The maximum atomic E-state index is 13.5. The average Bonchev–Trinajstić information content (AvgIpc) is 3.80. The Hall–Kier alpha value is -3.07. The van der Waals surface area contributed by atoms with E-state index in [-0.39, 0.29) is 11.7 Å². The van der Waals surface area contributed by atoms with E-state index in [0.29, 0.717) is 22.6 Å². The predicted molar refractivity (Wildman–Crippen MR) is 143 cm³/mol. The molecular formula is C27H33N5O3S. The summed E-state index contributed by atoms with van der Waals surface area (Å²) in [7, 11) is -1.46. The van der Waals surface area contributed by atoms with Crippen molar-refractivity contribution in [3.8, 4) is 0 Å². The summed E-state index contributed by atoms with van der Waals surface area (Å²) >= 11 is 0. The van der Waals surface area contributed by atoms with E-state index in [9.17, 15) is 13.2 Å². The van der Waals surface area contributed by atoms with Crippen molar-refractivity contribution >= 4 is 43.9 Å². The molecule has 1 spiro atoms. The summed E-state index contributed by atoms with van der Waals surface area (Å²) in [5, 5.41) is 8.89. The molecule has 36 heavy (non-hydrogen) atoms. The van der Waals surface area contributed by atoms with Crippen molar-refractivity contribution in [1.82, 2.24) is 9.78 Å². The number of hydrogen-bond acceptors (Lipinski definition) is 5. The van der Waals surface area contributed by atoms with Crippen LogP contribution in [0, 0.1) is 5.41 Å². The SMILES string of the molecule is CCS(=O)(=O)Nc1ccc(C(=O)Nc2ccc3c(c2)c(C2CC2)nn3C)c(N2CCC3(CC2)CC3)c1. The monoisotopic (exact) mass is 507 g/mol. The third-order valence-electron chi connectivity index (χ3n) is 8.12. The fraction of sp³-hybridized carbons (Fsp3) is 0.481. The highest BCUT2D eigenvalue weighted by molar-refractivity contribution is 7.92. The molecule has 0 unspecified atom stereocenters. The Morgan fingerprint density at radius 1 is 1.06 bits per heavy atom. The lowest BCUT2D eigenvalue weighted by Gasteiger charge is -2.35. The molecule has 1 aromatic heterocycles. The molecule has 2 heterocycles. The van der Waals surface area contributed by atoms with Gasteiger partial charge in [-0.05, 0) is 87.3 Å². The summed E-state index contributed by atoms with van der Waals surface area (Å²) in [4.78, 5) is 15.8. The van der Waals surface area contributed by atoms with Gasteiger partial charge in [-0.2, -0.15) is 5.10 Å². The zero-order chi connectivity index (χ0) is 25.1. The molecule has 0 bridgehead atoms. The Balaban J connectivity index is 1.30. The number of sulfonamides is 1. The molecule has 1 aliphatic heterocycles. The van der Waals surface area contributed by atoms with Gasteiger partial charge in [0.05, 0.1) is 33.9 Å². The van der Waals surface area contributed by atoms with Gasteiger partial charge in [0.15, 0.2) is 0 Å². The number of aromatic nitrogens is 2. The van der Waals surface area contributed by atoms with Crippen molar-refractivity contribution in [2.24, 2.45) is 12.5 Å². The molecule has 3 fully saturated rings. The number of fused-ring (bicyclic) bond motifs is 1. The standard InChI is InChI=1S/C27H33N5O3S/c1-3-36(34,35)30-20-6-8-21(24(17-20)32-14-12-27(10-11-27)13-15-32)26(33)28-19-7-9-23-22(16-19)25(18-4-5-18)29-31(23)2/h6-9,16-18,30H,3-5,10-15H2,1-2H3,(H,28,33). The molecule has 2 aromatic carbocycles. The van der Waals surface area contributed by atoms with Crippen LogP contribution < -0.4 is 14.9 Å². The molecule has 0 atom stereocenters. The Morgan fingerprint density at radius 2 is 1.78 bits per heavy atom. The van der Waals surface area contributed by atoms with Gasteiger partial charge >= 0.3 is 0 Å². The van der Waals surface area contributed by atoms with Crippen LogP contribution in [0.4, 0.5) is 17.1 Å². The minimum Gasteiger partial charge on any atom is -0.371 e. The molecule has 2 N–H and O–H groups in total. The molecule has 2 saturated carbocycles. The quantitative estimate of drug-likeness (QED) is 0.477. The van der Waals surface area contributed by atoms with Crippen LogP contribution in [0.3, 0.4) is 0 Å². The van der Waals surface area contributed by atoms with Crippen molar-refractivity contribution in [3.05, 3.63) is 47.7 Å². The van der Waals surface area contributed by atoms with Gasteiger partial charge in [0.25, 0.3) is 5.91 Å². The summed E-state index contributed by atoms with van der Waals surface area (Å²) in [6.07, 6.45) is 7.14. The Labute approximate surface area is 212 Å². The van der Waals surface area contributed by atoms with Crippen LogP contribution in [0.25, 0.3) is 10.9 Å². The highest BCUT2D eigenvalue weighted by Crippen LogP contribution is 2.54. The van der Waals surface area contributed by atoms with Crippen molar-refractivity contribution in [2.45, 2.75) is 51.4 Å². The molecule has 0 radical (unpaired) electrons. The number of carbonyl (C=O) groups is 1. The van der Waals surface area contributed by atoms with E-state index in [2.05, 4.69) is 14.9 Å². The number of carbonyl (C=O) groups excluding carboxylic acids is 1. The summed E-state index contributed by atoms with van der Waals surface area (Å²) in [6.45, 7) is 3.35. The number of amides is 1. The largest absolute Gasteiger partial charge is 0.371 e. The zero-order valence-corrected chi connectivity index (χ0v) is 21.7. The Bertz CT molecular complexity index is 1440. The van der Waals surface area contributed by atoms with Gasteiger partial charge in [0.2, 0.25) is 10.0 Å². The number of hydrogen-bond donors (Lipinski definition) is 2. The minimum absolute atomic E-state index is 0.00350. The number of rotatable bonds is 7. The molecule has 1 amide bonds. The molecule has 1 saturated heterocycles. The molecule has 3 aromatic rings. The first-order valence-corrected chi connectivity index (χ1v) is 14.6. The van der Waals surface area contributed by atoms with Crippen molar-refractivity contribution in [3.63, 3.8) is 0 Å². The first-order chi connectivity index (χ1) is 17.3. The van der Waals surface area contributed by atoms with Crippen molar-refractivity contribution in [2.75, 3.05) is 33.8 Å². The Kier molecular flexibility index (Phi) is 5.51. The number of aryl methyl sites for hydroxylation is 1. The second kappa shape index (κ2) is 8.50. The topological polar surface area (TPSA) is 96.3 Å². The summed E-state index contributed by atoms with van der Waals surface area (Å²) in [5.41, 5.74) is 5.22. The number of nitrogens with zero attached hydrogens (tertiary/aromatic N) is 3. The van der Waals surface area contributed by atoms with Gasteiger partial charge in [-0.15, -0.1) is 0 Å². The molecule has 3 aliphatic rings. The normalized spacial score (nSPS) is 19.0. The van der Waals surface area contributed by atoms with Crippen LogP contribution in [0.1, 0.15) is 67.4 Å². The lowest BCUT2D eigenvalue weighted by atomic mass is 9.93. The molecule has 9 heteroatoms. The second-order valence-corrected chi connectivity index (χ2v) is 12.7. The highest BCUT2D eigenvalue weighted by atomic mass is 32.2. The maximum absolute atomic E-state index is 13.5.